The molecule has 0 bridgehead atoms. The van der Waals surface area contributed by atoms with Gasteiger partial charge in [-0.3, -0.25) is 9.59 Å². The number of furan rings is 1. The third-order valence-electron chi connectivity index (χ3n) is 3.80. The minimum atomic E-state index is -4.58. The molecule has 7 nitrogen and oxygen atoms in total. The summed E-state index contributed by atoms with van der Waals surface area (Å²) in [6.07, 6.45) is -3.27. The molecule has 2 rings (SSSR count). The van der Waals surface area contributed by atoms with Gasteiger partial charge in [-0.15, -0.1) is 0 Å². The quantitative estimate of drug-likeness (QED) is 0.662. The Hall–Kier alpha value is -3.17. The van der Waals surface area contributed by atoms with Crippen molar-refractivity contribution in [3.63, 3.8) is 0 Å². The third-order valence-corrected chi connectivity index (χ3v) is 3.80. The van der Waals surface area contributed by atoms with Crippen LogP contribution in [0.4, 0.5) is 13.2 Å². The second-order valence-corrected chi connectivity index (χ2v) is 6.73. The fraction of sp³-hybridized carbons (Fsp3) is 0.400. The highest BCUT2D eigenvalue weighted by atomic mass is 19.4. The number of carbonyl (C=O) groups is 2. The van der Waals surface area contributed by atoms with E-state index in [-0.39, 0.29) is 47.9 Å². The molecule has 0 saturated carbocycles. The molecule has 0 aliphatic rings. The van der Waals surface area contributed by atoms with Crippen LogP contribution in [0.3, 0.4) is 0 Å². The summed E-state index contributed by atoms with van der Waals surface area (Å²) in [6.45, 7) is 1.53. The van der Waals surface area contributed by atoms with Crippen LogP contribution in [-0.2, 0) is 11.3 Å². The fourth-order valence-corrected chi connectivity index (χ4v) is 2.62. The maximum atomic E-state index is 13.0. The van der Waals surface area contributed by atoms with Crippen LogP contribution in [0.15, 0.2) is 41.0 Å². The van der Waals surface area contributed by atoms with Crippen LogP contribution in [0, 0.1) is 0 Å². The minimum absolute atomic E-state index is 0.0263. The highest BCUT2D eigenvalue weighted by Crippen LogP contribution is 2.29. The zero-order valence-corrected chi connectivity index (χ0v) is 16.8. The monoisotopic (exact) mass is 428 g/mol. The number of halogens is 3. The first-order chi connectivity index (χ1) is 14.1. The lowest BCUT2D eigenvalue weighted by molar-refractivity contribution is -0.142. The van der Waals surface area contributed by atoms with Crippen LogP contribution in [0.25, 0.3) is 0 Å². The van der Waals surface area contributed by atoms with E-state index in [0.29, 0.717) is 4.90 Å². The number of nitrogens with zero attached hydrogens (tertiary/aromatic N) is 1. The van der Waals surface area contributed by atoms with Crippen molar-refractivity contribution < 1.29 is 36.7 Å². The van der Waals surface area contributed by atoms with Crippen molar-refractivity contribution in [2.24, 2.45) is 0 Å². The van der Waals surface area contributed by atoms with E-state index in [2.05, 4.69) is 5.32 Å². The average Bonchev–Trinajstić information content (AvgIpc) is 3.16. The second-order valence-electron chi connectivity index (χ2n) is 6.73. The first-order valence-electron chi connectivity index (χ1n) is 9.07. The van der Waals surface area contributed by atoms with Gasteiger partial charge >= 0.3 is 6.18 Å². The number of nitrogens with one attached hydrogen (secondary N) is 1. The summed E-state index contributed by atoms with van der Waals surface area (Å²) >= 11 is 0. The molecule has 0 saturated heterocycles. The molecule has 164 valence electrons. The van der Waals surface area contributed by atoms with Gasteiger partial charge in [-0.25, -0.2) is 0 Å². The van der Waals surface area contributed by atoms with Crippen molar-refractivity contribution in [1.29, 1.82) is 0 Å². The molecule has 0 unspecified atom stereocenters. The molecule has 2 amide bonds. The van der Waals surface area contributed by atoms with Crippen LogP contribution in [0.5, 0.6) is 11.5 Å². The molecule has 0 aliphatic carbocycles. The van der Waals surface area contributed by atoms with Crippen molar-refractivity contribution in [2.75, 3.05) is 20.3 Å². The number of benzene rings is 1. The third kappa shape index (κ3) is 7.02. The molecule has 0 spiro atoms. The Morgan fingerprint density at radius 1 is 1.20 bits per heavy atom. The fourth-order valence-electron chi connectivity index (χ4n) is 2.62. The Kier molecular flexibility index (Phi) is 7.73. The van der Waals surface area contributed by atoms with Crippen LogP contribution >= 0.6 is 0 Å². The summed E-state index contributed by atoms with van der Waals surface area (Å²) in [5.74, 6) is -0.687. The highest BCUT2D eigenvalue weighted by molar-refractivity contribution is 5.95. The summed E-state index contributed by atoms with van der Waals surface area (Å²) in [5.41, 5.74) is -0.0263. The number of amides is 2. The standard InChI is InChI=1S/C20H23F3N2O5/c1-13(2)24-18(26)11-30-16-7-6-14(9-17(16)28-3)19(27)25(12-20(21,22)23)10-15-5-4-8-29-15/h4-9,13H,10-12H2,1-3H3,(H,24,26). The molecule has 0 radical (unpaired) electrons. The smallest absolute Gasteiger partial charge is 0.406 e. The van der Waals surface area contributed by atoms with Crippen molar-refractivity contribution in [1.82, 2.24) is 10.2 Å². The zero-order chi connectivity index (χ0) is 22.3. The minimum Gasteiger partial charge on any atom is -0.493 e. The van der Waals surface area contributed by atoms with Gasteiger partial charge in [0.1, 0.15) is 12.3 Å². The van der Waals surface area contributed by atoms with Crippen LogP contribution in [0.2, 0.25) is 0 Å². The number of rotatable bonds is 9. The summed E-state index contributed by atoms with van der Waals surface area (Å²) in [7, 11) is 1.32. The molecule has 2 aromatic rings. The summed E-state index contributed by atoms with van der Waals surface area (Å²) in [5, 5.41) is 2.66. The normalized spacial score (nSPS) is 11.3. The summed E-state index contributed by atoms with van der Waals surface area (Å²) in [6, 6.07) is 6.90. The Morgan fingerprint density at radius 2 is 1.93 bits per heavy atom. The lowest BCUT2D eigenvalue weighted by atomic mass is 10.1. The molecule has 1 aromatic heterocycles. The number of methoxy groups -OCH3 is 1. The van der Waals surface area contributed by atoms with E-state index in [1.165, 1.54) is 43.7 Å². The van der Waals surface area contributed by atoms with Crippen molar-refractivity contribution in [3.05, 3.63) is 47.9 Å². The van der Waals surface area contributed by atoms with Crippen molar-refractivity contribution >= 4 is 11.8 Å². The topological polar surface area (TPSA) is 81.0 Å². The molecule has 0 aliphatic heterocycles. The first-order valence-corrected chi connectivity index (χ1v) is 9.07. The van der Waals surface area contributed by atoms with E-state index in [9.17, 15) is 22.8 Å². The molecule has 30 heavy (non-hydrogen) atoms. The lowest BCUT2D eigenvalue weighted by Gasteiger charge is -2.23. The highest BCUT2D eigenvalue weighted by Gasteiger charge is 2.34. The van der Waals surface area contributed by atoms with Gasteiger partial charge in [0.15, 0.2) is 18.1 Å². The number of ether oxygens (including phenoxy) is 2. The molecular formula is C20H23F3N2O5. The Bertz CT molecular complexity index is 851. The number of alkyl halides is 3. The predicted octanol–water partition coefficient (Wildman–Crippen LogP) is 3.40. The van der Waals surface area contributed by atoms with Crippen LogP contribution < -0.4 is 14.8 Å². The van der Waals surface area contributed by atoms with E-state index in [0.717, 1.165) is 0 Å². The number of hydrogen-bond acceptors (Lipinski definition) is 5. The molecule has 1 aromatic carbocycles. The van der Waals surface area contributed by atoms with Gasteiger partial charge in [-0.2, -0.15) is 13.2 Å². The molecule has 1 N–H and O–H groups in total. The average molecular weight is 428 g/mol. The zero-order valence-electron chi connectivity index (χ0n) is 16.8. The SMILES string of the molecule is COc1cc(C(=O)N(Cc2ccco2)CC(F)(F)F)ccc1OCC(=O)NC(C)C. The number of hydrogen-bond donors (Lipinski definition) is 1. The molecule has 10 heteroatoms. The van der Waals surface area contributed by atoms with Gasteiger partial charge in [0.25, 0.3) is 11.8 Å². The van der Waals surface area contributed by atoms with E-state index in [1.807, 2.05) is 0 Å². The van der Waals surface area contributed by atoms with Crippen LogP contribution in [0.1, 0.15) is 30.0 Å². The number of carbonyl (C=O) groups excluding carboxylic acids is 2. The van der Waals surface area contributed by atoms with Gasteiger partial charge in [0.05, 0.1) is 19.9 Å². The van der Waals surface area contributed by atoms with Crippen molar-refractivity contribution in [3.8, 4) is 11.5 Å². The van der Waals surface area contributed by atoms with E-state index in [4.69, 9.17) is 13.9 Å². The Morgan fingerprint density at radius 3 is 2.50 bits per heavy atom. The van der Waals surface area contributed by atoms with Gasteiger partial charge in [0.2, 0.25) is 0 Å². The Labute approximate surface area is 171 Å². The first kappa shape index (κ1) is 23.1. The maximum absolute atomic E-state index is 13.0. The van der Waals surface area contributed by atoms with E-state index >= 15 is 0 Å². The molecule has 0 fully saturated rings. The predicted molar refractivity (Wildman–Crippen MR) is 101 cm³/mol. The van der Waals surface area contributed by atoms with Gasteiger partial charge < -0.3 is 24.1 Å². The van der Waals surface area contributed by atoms with Crippen molar-refractivity contribution in [2.45, 2.75) is 32.6 Å². The van der Waals surface area contributed by atoms with Gasteiger partial charge in [0, 0.05) is 11.6 Å². The second kappa shape index (κ2) is 10.0. The molecule has 1 heterocycles. The maximum Gasteiger partial charge on any atom is 0.406 e. The van der Waals surface area contributed by atoms with E-state index < -0.39 is 18.6 Å². The van der Waals surface area contributed by atoms with E-state index in [1.54, 1.807) is 13.8 Å². The van der Waals surface area contributed by atoms with Gasteiger partial charge in [-0.05, 0) is 44.2 Å². The van der Waals surface area contributed by atoms with Crippen LogP contribution in [-0.4, -0.2) is 49.2 Å². The largest absolute Gasteiger partial charge is 0.493 e. The molecular weight excluding hydrogens is 405 g/mol. The molecule has 0 atom stereocenters. The van der Waals surface area contributed by atoms with Gasteiger partial charge in [-0.1, -0.05) is 0 Å². The summed E-state index contributed by atoms with van der Waals surface area (Å²) in [4.78, 5) is 25.1. The Balaban J connectivity index is 2.18. The summed E-state index contributed by atoms with van der Waals surface area (Å²) < 4.78 is 54.6. The lowest BCUT2D eigenvalue weighted by Crippen LogP contribution is -2.38.